The molecule has 2 heterocycles. The maximum absolute atomic E-state index is 13.7. The molecule has 0 fully saturated rings. The summed E-state index contributed by atoms with van der Waals surface area (Å²) in [6.07, 6.45) is 0. The Balaban J connectivity index is 1.91. The molecule has 4 aromatic rings. The molecule has 0 atom stereocenters. The summed E-state index contributed by atoms with van der Waals surface area (Å²) in [5, 5.41) is 16.3. The fourth-order valence-electron chi connectivity index (χ4n) is 2.77. The molecule has 1 N–H and O–H groups in total. The van der Waals surface area contributed by atoms with Gasteiger partial charge in [0.2, 0.25) is 0 Å². The molecule has 0 radical (unpaired) electrons. The molecule has 2 aromatic carbocycles. The second kappa shape index (κ2) is 5.59. The van der Waals surface area contributed by atoms with E-state index in [1.807, 2.05) is 30.5 Å². The number of nitrogens with zero attached hydrogens (tertiary/aromatic N) is 2. The molecule has 0 amide bonds. The van der Waals surface area contributed by atoms with Crippen molar-refractivity contribution in [1.29, 1.82) is 5.26 Å². The highest BCUT2D eigenvalue weighted by Gasteiger charge is 2.11. The Morgan fingerprint density at radius 2 is 2.00 bits per heavy atom. The molecule has 2 aromatic heterocycles. The maximum atomic E-state index is 13.7. The summed E-state index contributed by atoms with van der Waals surface area (Å²) in [4.78, 5) is 4.71. The van der Waals surface area contributed by atoms with E-state index >= 15 is 0 Å². The van der Waals surface area contributed by atoms with Crippen LogP contribution in [0.25, 0.3) is 21.0 Å². The van der Waals surface area contributed by atoms with Crippen molar-refractivity contribution < 1.29 is 4.39 Å². The molecular formula is C19H12FN3S. The van der Waals surface area contributed by atoms with E-state index in [1.165, 1.54) is 12.1 Å². The first kappa shape index (κ1) is 14.6. The molecule has 0 aliphatic rings. The van der Waals surface area contributed by atoms with Crippen LogP contribution in [0, 0.1) is 24.1 Å². The number of anilines is 2. The third kappa shape index (κ3) is 2.47. The zero-order chi connectivity index (χ0) is 16.7. The van der Waals surface area contributed by atoms with Gasteiger partial charge in [-0.3, -0.25) is 0 Å². The smallest absolute Gasteiger partial charge is 0.139 e. The van der Waals surface area contributed by atoms with Crippen LogP contribution in [0.4, 0.5) is 15.9 Å². The molecule has 116 valence electrons. The zero-order valence-corrected chi connectivity index (χ0v) is 13.6. The minimum absolute atomic E-state index is 0.274. The molecule has 4 rings (SSSR count). The van der Waals surface area contributed by atoms with Crippen molar-refractivity contribution in [2.75, 3.05) is 5.32 Å². The summed E-state index contributed by atoms with van der Waals surface area (Å²) in [5.74, 6) is 0.216. The summed E-state index contributed by atoms with van der Waals surface area (Å²) >= 11 is 1.65. The first-order valence-corrected chi connectivity index (χ1v) is 8.27. The molecule has 0 bridgehead atoms. The van der Waals surface area contributed by atoms with Gasteiger partial charge in [0.15, 0.2) is 0 Å². The lowest BCUT2D eigenvalue weighted by molar-refractivity contribution is 0.628. The third-order valence-electron chi connectivity index (χ3n) is 3.84. The maximum Gasteiger partial charge on any atom is 0.139 e. The molecule has 0 unspecified atom stereocenters. The molecule has 0 saturated carbocycles. The number of hydrogen-bond donors (Lipinski definition) is 1. The van der Waals surface area contributed by atoms with Crippen LogP contribution in [-0.2, 0) is 0 Å². The number of nitrogens with one attached hydrogen (secondary N) is 1. The molecule has 3 nitrogen and oxygen atoms in total. The van der Waals surface area contributed by atoms with Crippen LogP contribution >= 0.6 is 11.3 Å². The van der Waals surface area contributed by atoms with Gasteiger partial charge < -0.3 is 5.32 Å². The Bertz CT molecular complexity index is 1120. The highest BCUT2D eigenvalue weighted by Crippen LogP contribution is 2.35. The summed E-state index contributed by atoms with van der Waals surface area (Å²) < 4.78 is 14.8. The van der Waals surface area contributed by atoms with Crippen molar-refractivity contribution in [3.8, 4) is 6.07 Å². The SMILES string of the molecule is Cc1ccc2c(c1)nc(Nc1cc(F)cc(C#N)c1)c1ccsc12. The van der Waals surface area contributed by atoms with Crippen molar-refractivity contribution in [3.63, 3.8) is 0 Å². The van der Waals surface area contributed by atoms with Crippen LogP contribution in [0.5, 0.6) is 0 Å². The van der Waals surface area contributed by atoms with Gasteiger partial charge in [0.25, 0.3) is 0 Å². The first-order valence-electron chi connectivity index (χ1n) is 7.39. The standard InChI is InChI=1S/C19H12FN3S/c1-11-2-3-15-17(6-11)23-19(16-4-5-24-18(15)16)22-14-8-12(10-21)7-13(20)9-14/h2-9H,1H3,(H,22,23). The van der Waals surface area contributed by atoms with E-state index < -0.39 is 5.82 Å². The van der Waals surface area contributed by atoms with Crippen molar-refractivity contribution in [3.05, 3.63) is 64.8 Å². The van der Waals surface area contributed by atoms with Crippen molar-refractivity contribution in [1.82, 2.24) is 4.98 Å². The number of hydrogen-bond acceptors (Lipinski definition) is 4. The number of benzene rings is 2. The third-order valence-corrected chi connectivity index (χ3v) is 4.79. The number of aryl methyl sites for hydroxylation is 1. The lowest BCUT2D eigenvalue weighted by Gasteiger charge is -2.10. The van der Waals surface area contributed by atoms with E-state index in [9.17, 15) is 4.39 Å². The van der Waals surface area contributed by atoms with E-state index in [-0.39, 0.29) is 5.56 Å². The minimum atomic E-state index is -0.449. The molecule has 5 heteroatoms. The Labute approximate surface area is 142 Å². The Hall–Kier alpha value is -2.97. The summed E-state index contributed by atoms with van der Waals surface area (Å²) in [5.41, 5.74) is 2.81. The van der Waals surface area contributed by atoms with E-state index in [0.717, 1.165) is 26.6 Å². The van der Waals surface area contributed by atoms with E-state index in [4.69, 9.17) is 10.2 Å². The van der Waals surface area contributed by atoms with Gasteiger partial charge in [-0.15, -0.1) is 11.3 Å². The highest BCUT2D eigenvalue weighted by atomic mass is 32.1. The minimum Gasteiger partial charge on any atom is -0.340 e. The average Bonchev–Trinajstić information content (AvgIpc) is 3.04. The largest absolute Gasteiger partial charge is 0.340 e. The summed E-state index contributed by atoms with van der Waals surface area (Å²) in [6, 6.07) is 14.3. The van der Waals surface area contributed by atoms with Crippen LogP contribution in [0.2, 0.25) is 0 Å². The topological polar surface area (TPSA) is 48.7 Å². The van der Waals surface area contributed by atoms with Crippen molar-refractivity contribution in [2.24, 2.45) is 0 Å². The molecule has 0 spiro atoms. The van der Waals surface area contributed by atoms with E-state index in [0.29, 0.717) is 11.5 Å². The Morgan fingerprint density at radius 1 is 1.12 bits per heavy atom. The van der Waals surface area contributed by atoms with Crippen molar-refractivity contribution in [2.45, 2.75) is 6.92 Å². The Kier molecular flexibility index (Phi) is 3.40. The normalized spacial score (nSPS) is 10.9. The van der Waals surface area contributed by atoms with Gasteiger partial charge in [-0.05, 0) is 48.2 Å². The average molecular weight is 333 g/mol. The van der Waals surface area contributed by atoms with Crippen LogP contribution < -0.4 is 5.32 Å². The molecule has 0 saturated heterocycles. The second-order valence-corrected chi connectivity index (χ2v) is 6.53. The Morgan fingerprint density at radius 3 is 2.83 bits per heavy atom. The van der Waals surface area contributed by atoms with Gasteiger partial charge in [0, 0.05) is 21.2 Å². The number of fused-ring (bicyclic) bond motifs is 3. The molecular weight excluding hydrogens is 321 g/mol. The fourth-order valence-corrected chi connectivity index (χ4v) is 3.70. The van der Waals surface area contributed by atoms with Gasteiger partial charge >= 0.3 is 0 Å². The van der Waals surface area contributed by atoms with Gasteiger partial charge in [0.1, 0.15) is 11.6 Å². The summed E-state index contributed by atoms with van der Waals surface area (Å²) in [6.45, 7) is 2.03. The summed E-state index contributed by atoms with van der Waals surface area (Å²) in [7, 11) is 0. The number of halogens is 1. The zero-order valence-electron chi connectivity index (χ0n) is 12.8. The molecule has 24 heavy (non-hydrogen) atoms. The number of pyridine rings is 1. The van der Waals surface area contributed by atoms with Crippen LogP contribution in [0.15, 0.2) is 47.8 Å². The van der Waals surface area contributed by atoms with Crippen molar-refractivity contribution >= 4 is 43.8 Å². The van der Waals surface area contributed by atoms with Crippen LogP contribution in [0.3, 0.4) is 0 Å². The van der Waals surface area contributed by atoms with Gasteiger partial charge in [-0.2, -0.15) is 5.26 Å². The van der Waals surface area contributed by atoms with E-state index in [2.05, 4.69) is 17.4 Å². The van der Waals surface area contributed by atoms with Gasteiger partial charge in [0.05, 0.1) is 17.1 Å². The monoisotopic (exact) mass is 333 g/mol. The fraction of sp³-hybridized carbons (Fsp3) is 0.0526. The predicted molar refractivity (Wildman–Crippen MR) is 96.3 cm³/mol. The molecule has 0 aliphatic heterocycles. The quantitative estimate of drug-likeness (QED) is 0.526. The highest BCUT2D eigenvalue weighted by molar-refractivity contribution is 7.18. The van der Waals surface area contributed by atoms with E-state index in [1.54, 1.807) is 17.4 Å². The lowest BCUT2D eigenvalue weighted by Crippen LogP contribution is -1.96. The molecule has 0 aliphatic carbocycles. The number of rotatable bonds is 2. The predicted octanol–water partition coefficient (Wildman–Crippen LogP) is 5.51. The second-order valence-electron chi connectivity index (χ2n) is 5.61. The first-order chi connectivity index (χ1) is 11.6. The lowest BCUT2D eigenvalue weighted by atomic mass is 10.1. The number of aromatic nitrogens is 1. The van der Waals surface area contributed by atoms with Gasteiger partial charge in [-0.1, -0.05) is 12.1 Å². The number of nitriles is 1. The van der Waals surface area contributed by atoms with Gasteiger partial charge in [-0.25, -0.2) is 9.37 Å². The van der Waals surface area contributed by atoms with Crippen LogP contribution in [0.1, 0.15) is 11.1 Å². The number of thiophene rings is 1. The van der Waals surface area contributed by atoms with Crippen LogP contribution in [-0.4, -0.2) is 4.98 Å².